The van der Waals surface area contributed by atoms with Gasteiger partial charge in [-0.05, 0) is 49.9 Å². The standard InChI is InChI=1S/C23H27NO2/c1-16-8-7-11-24(14-16)15-19-12-22-20(13-21(19)25-3)23(17(2)26-22)18-9-5-4-6-10-18/h4-6,9-10,12-13,16H,7-8,11,14-15H2,1-3H3/t16-/m0/s1. The molecule has 0 saturated carbocycles. The number of likely N-dealkylation sites (tertiary alicyclic amines) is 1. The summed E-state index contributed by atoms with van der Waals surface area (Å²) < 4.78 is 11.9. The summed E-state index contributed by atoms with van der Waals surface area (Å²) in [4.78, 5) is 2.53. The molecule has 0 amide bonds. The lowest BCUT2D eigenvalue weighted by molar-refractivity contribution is 0.175. The lowest BCUT2D eigenvalue weighted by atomic mass is 9.98. The minimum Gasteiger partial charge on any atom is -0.496 e. The van der Waals surface area contributed by atoms with Gasteiger partial charge in [0.15, 0.2) is 0 Å². The summed E-state index contributed by atoms with van der Waals surface area (Å²) in [6.45, 7) is 7.63. The van der Waals surface area contributed by atoms with Crippen LogP contribution in [0.4, 0.5) is 0 Å². The highest BCUT2D eigenvalue weighted by atomic mass is 16.5. The highest BCUT2D eigenvalue weighted by molar-refractivity contribution is 5.97. The number of hydrogen-bond acceptors (Lipinski definition) is 3. The van der Waals surface area contributed by atoms with E-state index < -0.39 is 0 Å². The quantitative estimate of drug-likeness (QED) is 0.609. The third kappa shape index (κ3) is 3.24. The van der Waals surface area contributed by atoms with Crippen LogP contribution in [0.3, 0.4) is 0 Å². The van der Waals surface area contributed by atoms with Crippen molar-refractivity contribution in [3.8, 4) is 16.9 Å². The van der Waals surface area contributed by atoms with Crippen LogP contribution < -0.4 is 4.74 Å². The zero-order chi connectivity index (χ0) is 18.1. The van der Waals surface area contributed by atoms with E-state index in [2.05, 4.69) is 48.2 Å². The Bertz CT molecular complexity index is 897. The smallest absolute Gasteiger partial charge is 0.135 e. The van der Waals surface area contributed by atoms with E-state index in [1.54, 1.807) is 7.11 Å². The number of aryl methyl sites for hydroxylation is 1. The van der Waals surface area contributed by atoms with Gasteiger partial charge < -0.3 is 9.15 Å². The molecule has 0 radical (unpaired) electrons. The van der Waals surface area contributed by atoms with Crippen LogP contribution in [-0.2, 0) is 6.54 Å². The summed E-state index contributed by atoms with van der Waals surface area (Å²) in [6, 6.07) is 14.8. The molecule has 3 aromatic rings. The van der Waals surface area contributed by atoms with Crippen molar-refractivity contribution in [2.24, 2.45) is 5.92 Å². The van der Waals surface area contributed by atoms with Crippen LogP contribution in [0.2, 0.25) is 0 Å². The molecule has 1 aliphatic heterocycles. The van der Waals surface area contributed by atoms with Gasteiger partial charge in [-0.3, -0.25) is 4.90 Å². The highest BCUT2D eigenvalue weighted by Crippen LogP contribution is 2.38. The molecule has 3 nitrogen and oxygen atoms in total. The Kier molecular flexibility index (Phi) is 4.73. The Balaban J connectivity index is 1.74. The number of benzene rings is 2. The van der Waals surface area contributed by atoms with Crippen molar-refractivity contribution in [1.82, 2.24) is 4.90 Å². The molecule has 0 spiro atoms. The van der Waals surface area contributed by atoms with Crippen LogP contribution in [0.5, 0.6) is 5.75 Å². The third-order valence-corrected chi connectivity index (χ3v) is 5.46. The number of fused-ring (bicyclic) bond motifs is 1. The molecule has 0 aliphatic carbocycles. The van der Waals surface area contributed by atoms with Gasteiger partial charge in [-0.15, -0.1) is 0 Å². The molecule has 1 aliphatic rings. The van der Waals surface area contributed by atoms with Gasteiger partial charge >= 0.3 is 0 Å². The first-order valence-electron chi connectivity index (χ1n) is 9.53. The fourth-order valence-electron chi connectivity index (χ4n) is 4.24. The van der Waals surface area contributed by atoms with Crippen molar-refractivity contribution in [2.75, 3.05) is 20.2 Å². The van der Waals surface area contributed by atoms with E-state index in [-0.39, 0.29) is 0 Å². The lowest BCUT2D eigenvalue weighted by Crippen LogP contribution is -2.33. The average Bonchev–Trinajstić information content (AvgIpc) is 2.96. The van der Waals surface area contributed by atoms with Gasteiger partial charge in [0.25, 0.3) is 0 Å². The van der Waals surface area contributed by atoms with E-state index in [0.717, 1.165) is 53.6 Å². The number of rotatable bonds is 4. The van der Waals surface area contributed by atoms with Gasteiger partial charge in [0.05, 0.1) is 7.11 Å². The van der Waals surface area contributed by atoms with Gasteiger partial charge in [0, 0.05) is 29.6 Å². The van der Waals surface area contributed by atoms with E-state index in [1.807, 2.05) is 13.0 Å². The predicted molar refractivity (Wildman–Crippen MR) is 107 cm³/mol. The molecule has 3 heteroatoms. The van der Waals surface area contributed by atoms with Crippen molar-refractivity contribution in [2.45, 2.75) is 33.2 Å². The van der Waals surface area contributed by atoms with E-state index in [0.29, 0.717) is 0 Å². The van der Waals surface area contributed by atoms with E-state index in [9.17, 15) is 0 Å². The monoisotopic (exact) mass is 349 g/mol. The van der Waals surface area contributed by atoms with Gasteiger partial charge in [-0.1, -0.05) is 37.3 Å². The normalized spacial score (nSPS) is 18.3. The molecule has 1 atom stereocenters. The van der Waals surface area contributed by atoms with Gasteiger partial charge in [-0.2, -0.15) is 0 Å². The van der Waals surface area contributed by atoms with Crippen LogP contribution in [0.15, 0.2) is 46.9 Å². The number of ether oxygens (including phenoxy) is 1. The zero-order valence-electron chi connectivity index (χ0n) is 15.9. The third-order valence-electron chi connectivity index (χ3n) is 5.46. The summed E-state index contributed by atoms with van der Waals surface area (Å²) >= 11 is 0. The number of furan rings is 1. The topological polar surface area (TPSA) is 25.6 Å². The van der Waals surface area contributed by atoms with Crippen molar-refractivity contribution >= 4 is 11.0 Å². The molecular weight excluding hydrogens is 322 g/mol. The second-order valence-corrected chi connectivity index (χ2v) is 7.54. The number of methoxy groups -OCH3 is 1. The van der Waals surface area contributed by atoms with Crippen LogP contribution in [0, 0.1) is 12.8 Å². The molecule has 1 fully saturated rings. The maximum atomic E-state index is 6.13. The summed E-state index contributed by atoms with van der Waals surface area (Å²) in [5, 5.41) is 1.13. The van der Waals surface area contributed by atoms with Crippen LogP contribution in [0.1, 0.15) is 31.1 Å². The molecular formula is C23H27NO2. The average molecular weight is 349 g/mol. The van der Waals surface area contributed by atoms with Crippen molar-refractivity contribution in [3.63, 3.8) is 0 Å². The van der Waals surface area contributed by atoms with E-state index in [1.165, 1.54) is 24.0 Å². The number of piperidine rings is 1. The lowest BCUT2D eigenvalue weighted by Gasteiger charge is -2.31. The molecule has 2 aromatic carbocycles. The summed E-state index contributed by atoms with van der Waals surface area (Å²) in [5.41, 5.74) is 4.50. The second kappa shape index (κ2) is 7.16. The molecule has 4 rings (SSSR count). The largest absolute Gasteiger partial charge is 0.496 e. The highest BCUT2D eigenvalue weighted by Gasteiger charge is 2.20. The van der Waals surface area contributed by atoms with Gasteiger partial charge in [-0.25, -0.2) is 0 Å². The minimum absolute atomic E-state index is 0.772. The van der Waals surface area contributed by atoms with Crippen molar-refractivity contribution in [3.05, 3.63) is 53.8 Å². The van der Waals surface area contributed by atoms with Crippen LogP contribution >= 0.6 is 0 Å². The minimum atomic E-state index is 0.772. The molecule has 136 valence electrons. The Morgan fingerprint density at radius 1 is 1.19 bits per heavy atom. The van der Waals surface area contributed by atoms with Crippen molar-refractivity contribution in [1.29, 1.82) is 0 Å². The molecule has 1 aromatic heterocycles. The van der Waals surface area contributed by atoms with Gasteiger partial charge in [0.1, 0.15) is 17.1 Å². The zero-order valence-corrected chi connectivity index (χ0v) is 15.9. The van der Waals surface area contributed by atoms with Crippen LogP contribution in [-0.4, -0.2) is 25.1 Å². The SMILES string of the molecule is COc1cc2c(-c3ccccc3)c(C)oc2cc1CN1CCC[C@H](C)C1. The first kappa shape index (κ1) is 17.2. The van der Waals surface area contributed by atoms with E-state index >= 15 is 0 Å². The van der Waals surface area contributed by atoms with Crippen LogP contribution in [0.25, 0.3) is 22.1 Å². The molecule has 0 bridgehead atoms. The number of nitrogens with zero attached hydrogens (tertiary/aromatic N) is 1. The molecule has 1 saturated heterocycles. The Hall–Kier alpha value is -2.26. The Labute approximate surface area is 155 Å². The molecule has 0 N–H and O–H groups in total. The fourth-order valence-corrected chi connectivity index (χ4v) is 4.24. The predicted octanol–water partition coefficient (Wildman–Crippen LogP) is 5.65. The first-order chi connectivity index (χ1) is 12.7. The van der Waals surface area contributed by atoms with Crippen molar-refractivity contribution < 1.29 is 9.15 Å². The molecule has 0 unspecified atom stereocenters. The first-order valence-corrected chi connectivity index (χ1v) is 9.53. The second-order valence-electron chi connectivity index (χ2n) is 7.54. The number of hydrogen-bond donors (Lipinski definition) is 0. The Morgan fingerprint density at radius 3 is 2.73 bits per heavy atom. The fraction of sp³-hybridized carbons (Fsp3) is 0.391. The molecule has 26 heavy (non-hydrogen) atoms. The Morgan fingerprint density at radius 2 is 2.00 bits per heavy atom. The summed E-state index contributed by atoms with van der Waals surface area (Å²) in [5.74, 6) is 2.68. The molecule has 2 heterocycles. The summed E-state index contributed by atoms with van der Waals surface area (Å²) in [6.07, 6.45) is 2.62. The van der Waals surface area contributed by atoms with Gasteiger partial charge in [0.2, 0.25) is 0 Å². The maximum Gasteiger partial charge on any atom is 0.135 e. The summed E-state index contributed by atoms with van der Waals surface area (Å²) in [7, 11) is 1.76. The maximum absolute atomic E-state index is 6.13. The van der Waals surface area contributed by atoms with E-state index in [4.69, 9.17) is 9.15 Å².